The fourth-order valence-corrected chi connectivity index (χ4v) is 3.76. The van der Waals surface area contributed by atoms with Gasteiger partial charge in [-0.05, 0) is 73.9 Å². The van der Waals surface area contributed by atoms with E-state index in [0.717, 1.165) is 18.4 Å². The molecule has 9 nitrogen and oxygen atoms in total. The smallest absolute Gasteiger partial charge is 0.251 e. The number of Topliss-reactive ketones (excluding diaryl/α,β-unsaturated/α-hetero) is 1. The van der Waals surface area contributed by atoms with Gasteiger partial charge in [-0.3, -0.25) is 14.4 Å². The van der Waals surface area contributed by atoms with E-state index in [9.17, 15) is 14.4 Å². The Kier molecular flexibility index (Phi) is 10.8. The minimum Gasteiger partial charge on any atom is -0.388 e. The summed E-state index contributed by atoms with van der Waals surface area (Å²) in [6.45, 7) is 0.752. The highest BCUT2D eigenvalue weighted by molar-refractivity contribution is 5.98. The van der Waals surface area contributed by atoms with Crippen LogP contribution >= 0.6 is 0 Å². The maximum atomic E-state index is 12.6. The van der Waals surface area contributed by atoms with E-state index in [4.69, 9.17) is 10.6 Å². The Hall–Kier alpha value is -4.90. The molecule has 198 valence electrons. The second kappa shape index (κ2) is 14.7. The quantitative estimate of drug-likeness (QED) is 0.172. The van der Waals surface area contributed by atoms with Gasteiger partial charge in [-0.15, -0.1) is 0 Å². The van der Waals surface area contributed by atoms with Crippen molar-refractivity contribution >= 4 is 23.3 Å². The van der Waals surface area contributed by atoms with Crippen LogP contribution in [0, 0.1) is 17.4 Å². The number of aliphatic hydroxyl groups excluding tert-OH is 1. The molecule has 0 radical (unpaired) electrons. The number of carbonyl (C=O) groups excluding carboxylic acids is 3. The second-order valence-corrected chi connectivity index (χ2v) is 8.82. The molecule has 0 aromatic heterocycles. The Morgan fingerprint density at radius 2 is 1.56 bits per heavy atom. The van der Waals surface area contributed by atoms with Gasteiger partial charge in [0.2, 0.25) is 10.8 Å². The number of benzene rings is 3. The molecule has 0 aliphatic rings. The van der Waals surface area contributed by atoms with Crippen molar-refractivity contribution in [2.75, 3.05) is 11.9 Å². The summed E-state index contributed by atoms with van der Waals surface area (Å²) in [4.78, 5) is 39.7. The van der Waals surface area contributed by atoms with Crippen LogP contribution in [0.4, 0.5) is 5.69 Å². The number of aliphatic hydroxyl groups is 1. The van der Waals surface area contributed by atoms with E-state index in [2.05, 4.69) is 44.6 Å². The monoisotopic (exact) mass is 524 g/mol. The van der Waals surface area contributed by atoms with Crippen molar-refractivity contribution in [3.05, 3.63) is 101 Å². The first-order valence-corrected chi connectivity index (χ1v) is 12.5. The summed E-state index contributed by atoms with van der Waals surface area (Å²) in [5.74, 6) is 4.90. The van der Waals surface area contributed by atoms with Crippen LogP contribution in [-0.2, 0) is 16.0 Å². The molecule has 0 spiro atoms. The summed E-state index contributed by atoms with van der Waals surface area (Å²) in [5.41, 5.74) is 10.5. The van der Waals surface area contributed by atoms with E-state index in [1.165, 1.54) is 12.5 Å². The molecule has 0 unspecified atom stereocenters. The molecule has 0 bridgehead atoms. The van der Waals surface area contributed by atoms with E-state index in [-0.39, 0.29) is 5.91 Å². The molecule has 39 heavy (non-hydrogen) atoms. The molecule has 9 heteroatoms. The van der Waals surface area contributed by atoms with E-state index < -0.39 is 30.4 Å². The van der Waals surface area contributed by atoms with Crippen molar-refractivity contribution in [1.29, 1.82) is 5.53 Å². The molecule has 0 fully saturated rings. The third-order valence-electron chi connectivity index (χ3n) is 5.89. The van der Waals surface area contributed by atoms with E-state index in [0.29, 0.717) is 23.2 Å². The Labute approximate surface area is 226 Å². The van der Waals surface area contributed by atoms with Gasteiger partial charge in [0.1, 0.15) is 23.3 Å². The predicted molar refractivity (Wildman–Crippen MR) is 147 cm³/mol. The molecule has 0 aliphatic heterocycles. The van der Waals surface area contributed by atoms with Gasteiger partial charge in [-0.25, -0.2) is 0 Å². The van der Waals surface area contributed by atoms with Crippen molar-refractivity contribution in [2.24, 2.45) is 5.11 Å². The number of ketones is 1. The highest BCUT2D eigenvalue weighted by Crippen LogP contribution is 2.12. The van der Waals surface area contributed by atoms with Gasteiger partial charge in [0.25, 0.3) is 5.91 Å². The molecule has 3 aromatic carbocycles. The van der Waals surface area contributed by atoms with Crippen molar-refractivity contribution in [3.63, 3.8) is 0 Å². The van der Waals surface area contributed by atoms with Crippen LogP contribution in [0.3, 0.4) is 0 Å². The lowest BCUT2D eigenvalue weighted by atomic mass is 10.0. The lowest BCUT2D eigenvalue weighted by Crippen LogP contribution is -2.48. The van der Waals surface area contributed by atoms with Gasteiger partial charge in [-0.2, -0.15) is 0 Å². The summed E-state index contributed by atoms with van der Waals surface area (Å²) in [7, 11) is 0. The highest BCUT2D eigenvalue weighted by Gasteiger charge is 2.29. The Morgan fingerprint density at radius 3 is 2.15 bits per heavy atom. The zero-order valence-electron chi connectivity index (χ0n) is 21.6. The number of hydrogen-bond acceptors (Lipinski definition) is 6. The molecule has 3 aromatic rings. The maximum Gasteiger partial charge on any atom is 0.251 e. The first-order valence-electron chi connectivity index (χ1n) is 12.5. The van der Waals surface area contributed by atoms with Gasteiger partial charge in [0.05, 0.1) is 0 Å². The SMILES string of the molecule is C[C@@H](N=[N+]=N)[C@H](NC(=O)c1ccc(C#Cc2ccc(NC(=O)CCCc3ccccc3)cc2)cc1)C(=O)CO. The first-order chi connectivity index (χ1) is 18.9. The van der Waals surface area contributed by atoms with Crippen LogP contribution in [-0.4, -0.2) is 41.4 Å². The minimum absolute atomic E-state index is 0.0313. The summed E-state index contributed by atoms with van der Waals surface area (Å²) in [6, 6.07) is 21.9. The standard InChI is InChI=1S/C30H29N5O4/c1-21(34-35-31)29(27(37)20-36)33-30(39)25-16-12-23(13-17-25)10-11-24-14-18-26(19-15-24)32-28(38)9-5-8-22-6-3-2-4-7-22/h2-4,6-7,12-19,21,29,31,36H,5,8-9,20H2,1H3,(H-,32,33,38,39)/p+1/t21-,29+/m1/s1. The van der Waals surface area contributed by atoms with E-state index >= 15 is 0 Å². The number of nitrogens with zero attached hydrogens (tertiary/aromatic N) is 2. The number of carbonyl (C=O) groups is 3. The molecule has 3 rings (SSSR count). The average molecular weight is 525 g/mol. The van der Waals surface area contributed by atoms with Crippen LogP contribution in [0.5, 0.6) is 0 Å². The molecular formula is C30H30N5O4+. The van der Waals surface area contributed by atoms with E-state index in [1.807, 2.05) is 30.3 Å². The maximum absolute atomic E-state index is 12.6. The normalized spacial score (nSPS) is 11.6. The fraction of sp³-hybridized carbons (Fsp3) is 0.233. The Bertz CT molecular complexity index is 1390. The van der Waals surface area contributed by atoms with Gasteiger partial charge in [-0.1, -0.05) is 42.2 Å². The molecular weight excluding hydrogens is 494 g/mol. The molecule has 0 heterocycles. The number of anilines is 1. The summed E-state index contributed by atoms with van der Waals surface area (Å²) in [6.07, 6.45) is 2.08. The predicted octanol–water partition coefficient (Wildman–Crippen LogP) is 3.65. The van der Waals surface area contributed by atoms with Crippen LogP contribution in [0.2, 0.25) is 0 Å². The summed E-state index contributed by atoms with van der Waals surface area (Å²) >= 11 is 0. The van der Waals surface area contributed by atoms with Gasteiger partial charge in [0, 0.05) is 28.8 Å². The molecule has 0 saturated heterocycles. The van der Waals surface area contributed by atoms with Gasteiger partial charge in [0.15, 0.2) is 11.8 Å². The zero-order valence-corrected chi connectivity index (χ0v) is 21.6. The first kappa shape index (κ1) is 28.7. The molecule has 2 amide bonds. The lowest BCUT2D eigenvalue weighted by molar-refractivity contribution is -0.124. The number of nitrogens with one attached hydrogen (secondary N) is 3. The van der Waals surface area contributed by atoms with Crippen LogP contribution in [0.25, 0.3) is 0 Å². The van der Waals surface area contributed by atoms with Crippen LogP contribution in [0.15, 0.2) is 84.0 Å². The van der Waals surface area contributed by atoms with Gasteiger partial charge < -0.3 is 15.7 Å². The minimum atomic E-state index is -1.10. The summed E-state index contributed by atoms with van der Waals surface area (Å²) < 4.78 is 0. The van der Waals surface area contributed by atoms with Crippen molar-refractivity contribution in [1.82, 2.24) is 10.2 Å². The lowest BCUT2D eigenvalue weighted by Gasteiger charge is -2.17. The zero-order chi connectivity index (χ0) is 28.0. The number of aryl methyl sites for hydroxylation is 1. The molecule has 0 saturated carbocycles. The summed E-state index contributed by atoms with van der Waals surface area (Å²) in [5, 5.41) is 18.2. The molecule has 0 aliphatic carbocycles. The third-order valence-corrected chi connectivity index (χ3v) is 5.89. The number of amides is 2. The van der Waals surface area contributed by atoms with E-state index in [1.54, 1.807) is 36.4 Å². The number of rotatable bonds is 11. The number of hydrogen-bond donors (Lipinski definition) is 4. The third kappa shape index (κ3) is 9.17. The van der Waals surface area contributed by atoms with Crippen LogP contribution in [0.1, 0.15) is 46.8 Å². The van der Waals surface area contributed by atoms with Crippen molar-refractivity contribution < 1.29 is 19.5 Å². The largest absolute Gasteiger partial charge is 0.388 e. The van der Waals surface area contributed by atoms with Crippen molar-refractivity contribution in [3.8, 4) is 11.8 Å². The molecule has 4 N–H and O–H groups in total. The van der Waals surface area contributed by atoms with Crippen molar-refractivity contribution in [2.45, 2.75) is 38.3 Å². The Morgan fingerprint density at radius 1 is 0.949 bits per heavy atom. The fourth-order valence-electron chi connectivity index (χ4n) is 3.76. The Balaban J connectivity index is 1.53. The topological polar surface area (TPSA) is 146 Å². The molecule has 2 atom stereocenters. The van der Waals surface area contributed by atoms with Crippen LogP contribution < -0.4 is 15.5 Å². The average Bonchev–Trinajstić information content (AvgIpc) is 2.96. The second-order valence-electron chi connectivity index (χ2n) is 8.82. The highest BCUT2D eigenvalue weighted by atomic mass is 16.3. The van der Waals surface area contributed by atoms with Gasteiger partial charge >= 0.3 is 0 Å².